The molecule has 0 aromatic carbocycles. The Kier molecular flexibility index (Phi) is 6.70. The van der Waals surface area contributed by atoms with Crippen molar-refractivity contribution in [2.24, 2.45) is 11.3 Å². The van der Waals surface area contributed by atoms with E-state index >= 15 is 0 Å². The zero-order valence-corrected chi connectivity index (χ0v) is 19.1. The minimum absolute atomic E-state index is 0.0870. The van der Waals surface area contributed by atoms with Crippen molar-refractivity contribution < 1.29 is 14.4 Å². The van der Waals surface area contributed by atoms with Crippen LogP contribution in [0.15, 0.2) is 12.1 Å². The summed E-state index contributed by atoms with van der Waals surface area (Å²) in [5, 5.41) is 17.8. The van der Waals surface area contributed by atoms with Crippen LogP contribution in [0.4, 0.5) is 0 Å². The van der Waals surface area contributed by atoms with Crippen LogP contribution in [0.25, 0.3) is 10.2 Å². The highest BCUT2D eigenvalue weighted by Crippen LogP contribution is 2.26. The molecule has 9 heteroatoms. The number of aromatic nitrogens is 1. The Bertz CT molecular complexity index is 995. The fourth-order valence-corrected chi connectivity index (χ4v) is 4.72. The van der Waals surface area contributed by atoms with Crippen LogP contribution in [0.3, 0.4) is 0 Å². The molecule has 0 aliphatic carbocycles. The van der Waals surface area contributed by atoms with Gasteiger partial charge in [-0.2, -0.15) is 5.26 Å². The lowest BCUT2D eigenvalue weighted by atomic mass is 9.87. The molecule has 2 aromatic heterocycles. The lowest BCUT2D eigenvalue weighted by Gasteiger charge is -2.27. The van der Waals surface area contributed by atoms with Crippen molar-refractivity contribution in [3.63, 3.8) is 0 Å². The van der Waals surface area contributed by atoms with Crippen LogP contribution in [0.2, 0.25) is 0 Å². The van der Waals surface area contributed by atoms with E-state index in [4.69, 9.17) is 0 Å². The van der Waals surface area contributed by atoms with Gasteiger partial charge in [-0.15, -0.1) is 11.3 Å². The molecule has 3 amide bonds. The third-order valence-electron chi connectivity index (χ3n) is 5.27. The standard InChI is InChI=1S/C22H29N5O3S/c1-12-7-15-18(31-12)9-16(26-15)20(29)27-17(10-22(2,3)4)21(30)25-14(11-23)8-13-5-6-24-19(13)28/h7,9,13-14,17,26H,5-6,8,10H2,1-4H3,(H,24,28)(H,25,30)(H,27,29)/t13-,14-,17-/m0/s1. The number of hydrogen-bond donors (Lipinski definition) is 4. The van der Waals surface area contributed by atoms with Gasteiger partial charge in [0.15, 0.2) is 0 Å². The number of hydrogen-bond acceptors (Lipinski definition) is 5. The fourth-order valence-electron chi connectivity index (χ4n) is 3.80. The number of amides is 3. The monoisotopic (exact) mass is 443 g/mol. The largest absolute Gasteiger partial charge is 0.356 e. The van der Waals surface area contributed by atoms with Gasteiger partial charge in [0, 0.05) is 17.3 Å². The number of nitrogens with one attached hydrogen (secondary N) is 4. The van der Waals surface area contributed by atoms with Gasteiger partial charge in [-0.3, -0.25) is 14.4 Å². The zero-order chi connectivity index (χ0) is 22.8. The number of nitriles is 1. The molecule has 4 N–H and O–H groups in total. The molecule has 3 atom stereocenters. The smallest absolute Gasteiger partial charge is 0.268 e. The maximum Gasteiger partial charge on any atom is 0.268 e. The van der Waals surface area contributed by atoms with Crippen LogP contribution in [-0.4, -0.2) is 41.3 Å². The number of nitrogens with zero attached hydrogens (tertiary/aromatic N) is 1. The Balaban J connectivity index is 1.70. The molecule has 1 aliphatic rings. The van der Waals surface area contributed by atoms with Gasteiger partial charge >= 0.3 is 0 Å². The average molecular weight is 444 g/mol. The van der Waals surface area contributed by atoms with Gasteiger partial charge in [0.2, 0.25) is 11.8 Å². The van der Waals surface area contributed by atoms with Crippen molar-refractivity contribution in [1.29, 1.82) is 5.26 Å². The van der Waals surface area contributed by atoms with E-state index in [2.05, 4.69) is 27.0 Å². The number of aromatic amines is 1. The SMILES string of the molecule is Cc1cc2[nH]c(C(=O)N[C@@H](CC(C)(C)C)C(=O)N[C@H](C#N)C[C@@H]3CCNC3=O)cc2s1. The number of thiophene rings is 1. The van der Waals surface area contributed by atoms with Crippen molar-refractivity contribution >= 4 is 39.3 Å². The van der Waals surface area contributed by atoms with E-state index in [0.717, 1.165) is 15.1 Å². The molecule has 0 spiro atoms. The maximum atomic E-state index is 13.0. The van der Waals surface area contributed by atoms with E-state index in [9.17, 15) is 19.6 Å². The summed E-state index contributed by atoms with van der Waals surface area (Å²) in [4.78, 5) is 41.9. The molecule has 31 heavy (non-hydrogen) atoms. The summed E-state index contributed by atoms with van der Waals surface area (Å²) in [6.45, 7) is 8.54. The highest BCUT2D eigenvalue weighted by atomic mass is 32.1. The fraction of sp³-hybridized carbons (Fsp3) is 0.545. The second kappa shape index (κ2) is 9.10. The van der Waals surface area contributed by atoms with Crippen LogP contribution in [0.1, 0.15) is 55.4 Å². The molecule has 0 radical (unpaired) electrons. The Labute approximate surface area is 185 Å². The third-order valence-corrected chi connectivity index (χ3v) is 6.26. The topological polar surface area (TPSA) is 127 Å². The van der Waals surface area contributed by atoms with Crippen molar-refractivity contribution in [2.75, 3.05) is 6.54 Å². The summed E-state index contributed by atoms with van der Waals surface area (Å²) in [5.74, 6) is -1.15. The lowest BCUT2D eigenvalue weighted by molar-refractivity contribution is -0.125. The zero-order valence-electron chi connectivity index (χ0n) is 18.3. The molecule has 0 saturated carbocycles. The van der Waals surface area contributed by atoms with E-state index in [1.165, 1.54) is 0 Å². The first kappa shape index (κ1) is 22.8. The van der Waals surface area contributed by atoms with E-state index in [1.807, 2.05) is 33.8 Å². The molecule has 1 saturated heterocycles. The Hall–Kier alpha value is -2.86. The van der Waals surface area contributed by atoms with Crippen molar-refractivity contribution in [1.82, 2.24) is 20.9 Å². The Morgan fingerprint density at radius 1 is 1.32 bits per heavy atom. The molecule has 166 valence electrons. The van der Waals surface area contributed by atoms with Crippen LogP contribution in [0, 0.1) is 29.6 Å². The molecular formula is C22H29N5O3S. The molecule has 0 unspecified atom stereocenters. The molecule has 2 aromatic rings. The predicted octanol–water partition coefficient (Wildman–Crippen LogP) is 2.61. The first-order valence-electron chi connectivity index (χ1n) is 10.4. The molecule has 1 fully saturated rings. The summed E-state index contributed by atoms with van der Waals surface area (Å²) < 4.78 is 0.985. The number of fused-ring (bicyclic) bond motifs is 1. The summed E-state index contributed by atoms with van der Waals surface area (Å²) in [5.41, 5.74) is 1.06. The molecular weight excluding hydrogens is 414 g/mol. The Morgan fingerprint density at radius 3 is 2.65 bits per heavy atom. The van der Waals surface area contributed by atoms with Gasteiger partial charge < -0.3 is 20.9 Å². The van der Waals surface area contributed by atoms with Crippen LogP contribution in [-0.2, 0) is 9.59 Å². The van der Waals surface area contributed by atoms with Gasteiger partial charge in [0.25, 0.3) is 5.91 Å². The second-order valence-electron chi connectivity index (χ2n) is 9.31. The first-order valence-corrected chi connectivity index (χ1v) is 11.2. The Morgan fingerprint density at radius 2 is 2.06 bits per heavy atom. The minimum atomic E-state index is -0.802. The molecule has 8 nitrogen and oxygen atoms in total. The second-order valence-corrected chi connectivity index (χ2v) is 10.6. The van der Waals surface area contributed by atoms with Crippen LogP contribution >= 0.6 is 11.3 Å². The van der Waals surface area contributed by atoms with Crippen molar-refractivity contribution in [3.05, 3.63) is 22.7 Å². The van der Waals surface area contributed by atoms with Gasteiger partial charge in [-0.25, -0.2) is 0 Å². The van der Waals surface area contributed by atoms with Crippen molar-refractivity contribution in [3.8, 4) is 6.07 Å². The van der Waals surface area contributed by atoms with Gasteiger partial charge in [0.05, 0.1) is 16.3 Å². The number of H-pyrrole nitrogens is 1. The number of carbonyl (C=O) groups is 3. The summed E-state index contributed by atoms with van der Waals surface area (Å²) in [6, 6.07) is 4.24. The van der Waals surface area contributed by atoms with Gasteiger partial charge in [-0.05, 0) is 43.7 Å². The third kappa shape index (κ3) is 5.85. The molecule has 3 heterocycles. The van der Waals surface area contributed by atoms with Gasteiger partial charge in [0.1, 0.15) is 17.8 Å². The number of carbonyl (C=O) groups excluding carboxylic acids is 3. The van der Waals surface area contributed by atoms with E-state index < -0.39 is 18.0 Å². The average Bonchev–Trinajstić information content (AvgIpc) is 3.34. The molecule has 3 rings (SSSR count). The quantitative estimate of drug-likeness (QED) is 0.524. The summed E-state index contributed by atoms with van der Waals surface area (Å²) in [6.07, 6.45) is 1.32. The predicted molar refractivity (Wildman–Crippen MR) is 120 cm³/mol. The molecule has 1 aliphatic heterocycles. The summed E-state index contributed by atoms with van der Waals surface area (Å²) >= 11 is 1.59. The van der Waals surface area contributed by atoms with E-state index in [-0.39, 0.29) is 29.6 Å². The molecule has 0 bridgehead atoms. The highest BCUT2D eigenvalue weighted by molar-refractivity contribution is 7.19. The van der Waals surface area contributed by atoms with Crippen molar-refractivity contribution in [2.45, 2.75) is 59.0 Å². The van der Waals surface area contributed by atoms with E-state index in [0.29, 0.717) is 25.1 Å². The minimum Gasteiger partial charge on any atom is -0.356 e. The summed E-state index contributed by atoms with van der Waals surface area (Å²) in [7, 11) is 0. The lowest BCUT2D eigenvalue weighted by Crippen LogP contribution is -2.51. The van der Waals surface area contributed by atoms with Crippen LogP contribution < -0.4 is 16.0 Å². The highest BCUT2D eigenvalue weighted by Gasteiger charge is 2.31. The number of rotatable bonds is 7. The first-order chi connectivity index (χ1) is 14.6. The number of aryl methyl sites for hydroxylation is 1. The van der Waals surface area contributed by atoms with Crippen LogP contribution in [0.5, 0.6) is 0 Å². The van der Waals surface area contributed by atoms with E-state index in [1.54, 1.807) is 17.4 Å². The van der Waals surface area contributed by atoms with Gasteiger partial charge in [-0.1, -0.05) is 20.8 Å². The normalized spacial score (nSPS) is 18.3. The maximum absolute atomic E-state index is 13.0.